The summed E-state index contributed by atoms with van der Waals surface area (Å²) >= 11 is 0. The lowest BCUT2D eigenvalue weighted by Gasteiger charge is -2.28. The van der Waals surface area contributed by atoms with Gasteiger partial charge in [-0.3, -0.25) is 0 Å². The third-order valence-electron chi connectivity index (χ3n) is 5.46. The number of aliphatic hydroxyl groups excluding tert-OH is 6. The average Bonchev–Trinajstić information content (AvgIpc) is 2.65. The molecular formula is C24H34O6. The van der Waals surface area contributed by atoms with Crippen LogP contribution in [0.15, 0.2) is 24.3 Å². The topological polar surface area (TPSA) is 121 Å². The number of rotatable bonds is 7. The molecule has 6 heteroatoms. The maximum atomic E-state index is 10.6. The second-order valence-electron chi connectivity index (χ2n) is 8.20. The van der Waals surface area contributed by atoms with Crippen molar-refractivity contribution in [3.05, 3.63) is 57.6 Å². The van der Waals surface area contributed by atoms with Crippen LogP contribution in [0.4, 0.5) is 0 Å². The van der Waals surface area contributed by atoms with Crippen molar-refractivity contribution in [1.29, 1.82) is 0 Å². The molecule has 6 unspecified atom stereocenters. The van der Waals surface area contributed by atoms with Gasteiger partial charge in [0.15, 0.2) is 0 Å². The Bertz CT molecular complexity index is 750. The van der Waals surface area contributed by atoms with Crippen molar-refractivity contribution in [3.8, 4) is 11.1 Å². The lowest BCUT2D eigenvalue weighted by atomic mass is 9.80. The first kappa shape index (κ1) is 24.5. The molecule has 0 heterocycles. The Morgan fingerprint density at radius 3 is 0.733 bits per heavy atom. The highest BCUT2D eigenvalue weighted by Gasteiger charge is 2.27. The zero-order chi connectivity index (χ0) is 22.9. The van der Waals surface area contributed by atoms with E-state index in [1.807, 2.05) is 0 Å². The van der Waals surface area contributed by atoms with Gasteiger partial charge in [-0.2, -0.15) is 0 Å². The van der Waals surface area contributed by atoms with Crippen LogP contribution in [0, 0.1) is 0 Å². The van der Waals surface area contributed by atoms with Gasteiger partial charge < -0.3 is 30.6 Å². The molecule has 0 saturated carbocycles. The van der Waals surface area contributed by atoms with Crippen molar-refractivity contribution in [1.82, 2.24) is 0 Å². The van der Waals surface area contributed by atoms with E-state index in [1.54, 1.807) is 65.8 Å². The SMILES string of the molecule is CC(O)c1cc(C(C)O)c(-c2c(C(C)O)cc(C(C)O)cc2C(C)O)c(C(C)O)c1. The van der Waals surface area contributed by atoms with Gasteiger partial charge in [0, 0.05) is 0 Å². The molecule has 2 aromatic carbocycles. The van der Waals surface area contributed by atoms with Crippen LogP contribution in [0.25, 0.3) is 11.1 Å². The Morgan fingerprint density at radius 2 is 0.600 bits per heavy atom. The quantitative estimate of drug-likeness (QED) is 0.408. The summed E-state index contributed by atoms with van der Waals surface area (Å²) in [5.41, 5.74) is 3.99. The zero-order valence-corrected chi connectivity index (χ0v) is 18.5. The first-order chi connectivity index (χ1) is 13.9. The summed E-state index contributed by atoms with van der Waals surface area (Å²) < 4.78 is 0. The van der Waals surface area contributed by atoms with Crippen LogP contribution in [0.3, 0.4) is 0 Å². The molecule has 0 bridgehead atoms. The van der Waals surface area contributed by atoms with Crippen LogP contribution < -0.4 is 0 Å². The Hall–Kier alpha value is -1.80. The van der Waals surface area contributed by atoms with E-state index in [0.717, 1.165) is 0 Å². The van der Waals surface area contributed by atoms with E-state index in [4.69, 9.17) is 0 Å². The lowest BCUT2D eigenvalue weighted by molar-refractivity contribution is 0.183. The number of benzene rings is 2. The molecule has 30 heavy (non-hydrogen) atoms. The van der Waals surface area contributed by atoms with E-state index in [9.17, 15) is 30.6 Å². The van der Waals surface area contributed by atoms with Crippen LogP contribution in [0.2, 0.25) is 0 Å². The van der Waals surface area contributed by atoms with E-state index in [-0.39, 0.29) is 0 Å². The molecule has 6 atom stereocenters. The van der Waals surface area contributed by atoms with Crippen molar-refractivity contribution < 1.29 is 30.6 Å². The molecule has 0 aliphatic rings. The van der Waals surface area contributed by atoms with Gasteiger partial charge in [-0.1, -0.05) is 0 Å². The number of hydrogen-bond acceptors (Lipinski definition) is 6. The minimum Gasteiger partial charge on any atom is -0.389 e. The maximum Gasteiger partial charge on any atom is 0.0768 e. The molecule has 0 aliphatic heterocycles. The summed E-state index contributed by atoms with van der Waals surface area (Å²) in [5.74, 6) is 0. The molecule has 0 aromatic heterocycles. The van der Waals surface area contributed by atoms with Crippen LogP contribution in [-0.4, -0.2) is 30.6 Å². The van der Waals surface area contributed by atoms with Crippen molar-refractivity contribution in [2.75, 3.05) is 0 Å². The number of hydrogen-bond donors (Lipinski definition) is 6. The third-order valence-corrected chi connectivity index (χ3v) is 5.46. The molecule has 0 fully saturated rings. The van der Waals surface area contributed by atoms with Gasteiger partial charge in [0.2, 0.25) is 0 Å². The first-order valence-electron chi connectivity index (χ1n) is 10.3. The molecule has 0 aliphatic carbocycles. The smallest absolute Gasteiger partial charge is 0.0768 e. The summed E-state index contributed by atoms with van der Waals surface area (Å²) in [6, 6.07) is 6.71. The summed E-state index contributed by atoms with van der Waals surface area (Å²) in [6.45, 7) is 9.56. The van der Waals surface area contributed by atoms with E-state index in [1.165, 1.54) is 0 Å². The van der Waals surface area contributed by atoms with Crippen LogP contribution in [-0.2, 0) is 0 Å². The predicted molar refractivity (Wildman–Crippen MR) is 116 cm³/mol. The highest BCUT2D eigenvalue weighted by molar-refractivity contribution is 5.79. The molecule has 6 N–H and O–H groups in total. The molecular weight excluding hydrogens is 384 g/mol. The first-order valence-corrected chi connectivity index (χ1v) is 10.3. The van der Waals surface area contributed by atoms with E-state index in [2.05, 4.69) is 0 Å². The monoisotopic (exact) mass is 418 g/mol. The summed E-state index contributed by atoms with van der Waals surface area (Å²) in [7, 11) is 0. The van der Waals surface area contributed by atoms with Crippen LogP contribution >= 0.6 is 0 Å². The van der Waals surface area contributed by atoms with Gasteiger partial charge in [-0.15, -0.1) is 0 Å². The van der Waals surface area contributed by atoms with E-state index < -0.39 is 36.6 Å². The van der Waals surface area contributed by atoms with E-state index in [0.29, 0.717) is 44.5 Å². The molecule has 2 aromatic rings. The largest absolute Gasteiger partial charge is 0.389 e. The fourth-order valence-electron chi connectivity index (χ4n) is 3.80. The van der Waals surface area contributed by atoms with Gasteiger partial charge in [0.05, 0.1) is 36.6 Å². The summed E-state index contributed by atoms with van der Waals surface area (Å²) in [6.07, 6.45) is -5.35. The minimum absolute atomic E-state index is 0.470. The van der Waals surface area contributed by atoms with Gasteiger partial charge in [-0.25, -0.2) is 0 Å². The highest BCUT2D eigenvalue weighted by Crippen LogP contribution is 2.44. The fraction of sp³-hybridized carbons (Fsp3) is 0.500. The lowest BCUT2D eigenvalue weighted by Crippen LogP contribution is -2.12. The Balaban J connectivity index is 3.08. The van der Waals surface area contributed by atoms with Crippen molar-refractivity contribution in [2.24, 2.45) is 0 Å². The Morgan fingerprint density at radius 1 is 0.400 bits per heavy atom. The molecule has 0 spiro atoms. The number of aliphatic hydroxyl groups is 6. The highest BCUT2D eigenvalue weighted by atomic mass is 16.3. The summed E-state index contributed by atoms with van der Waals surface area (Å²) in [4.78, 5) is 0. The van der Waals surface area contributed by atoms with Gasteiger partial charge in [0.25, 0.3) is 0 Å². The van der Waals surface area contributed by atoms with E-state index >= 15 is 0 Å². The van der Waals surface area contributed by atoms with Gasteiger partial charge in [0.1, 0.15) is 0 Å². The predicted octanol–water partition coefficient (Wildman–Crippen LogP) is 3.67. The van der Waals surface area contributed by atoms with Gasteiger partial charge in [-0.05, 0) is 110 Å². The summed E-state index contributed by atoms with van der Waals surface area (Å²) in [5, 5.41) is 62.4. The second-order valence-corrected chi connectivity index (χ2v) is 8.20. The maximum absolute atomic E-state index is 10.6. The van der Waals surface area contributed by atoms with Crippen LogP contribution in [0.1, 0.15) is 112 Å². The van der Waals surface area contributed by atoms with Crippen molar-refractivity contribution in [2.45, 2.75) is 78.2 Å². The van der Waals surface area contributed by atoms with Crippen molar-refractivity contribution in [3.63, 3.8) is 0 Å². The Kier molecular flexibility index (Phi) is 7.80. The minimum atomic E-state index is -0.934. The molecule has 0 saturated heterocycles. The van der Waals surface area contributed by atoms with Crippen LogP contribution in [0.5, 0.6) is 0 Å². The molecule has 0 amide bonds. The average molecular weight is 419 g/mol. The van der Waals surface area contributed by atoms with Gasteiger partial charge >= 0.3 is 0 Å². The molecule has 2 rings (SSSR count). The molecule has 166 valence electrons. The standard InChI is InChI=1S/C24H34O6/c1-11(25)17-7-19(13(3)27)23(20(8-17)14(4)28)24-21(15(5)29)9-18(12(2)26)10-22(24)16(6)30/h7-16,25-30H,1-6H3. The molecule has 6 nitrogen and oxygen atoms in total. The third kappa shape index (κ3) is 4.91. The fourth-order valence-corrected chi connectivity index (χ4v) is 3.80. The van der Waals surface area contributed by atoms with Crippen molar-refractivity contribution >= 4 is 0 Å². The Labute approximate surface area is 178 Å². The zero-order valence-electron chi connectivity index (χ0n) is 18.5. The molecule has 0 radical (unpaired) electrons. The second kappa shape index (κ2) is 9.56. The normalized spacial score (nSPS) is 17.9.